The van der Waals surface area contributed by atoms with Crippen molar-refractivity contribution in [3.05, 3.63) is 56.4 Å². The van der Waals surface area contributed by atoms with Crippen LogP contribution in [-0.2, 0) is 0 Å². The van der Waals surface area contributed by atoms with Gasteiger partial charge in [-0.05, 0) is 49.4 Å². The molecule has 0 aliphatic carbocycles. The second kappa shape index (κ2) is 6.10. The fourth-order valence-electron chi connectivity index (χ4n) is 2.24. The molecular formula is C17H16N2OS2. The van der Waals surface area contributed by atoms with E-state index in [1.54, 1.807) is 23.1 Å². The average molecular weight is 328 g/mol. The molecule has 2 heterocycles. The number of hydrogen-bond donors (Lipinski definition) is 1. The maximum Gasteiger partial charge on any atom is 0.260 e. The van der Waals surface area contributed by atoms with Gasteiger partial charge in [-0.3, -0.25) is 4.79 Å². The summed E-state index contributed by atoms with van der Waals surface area (Å²) in [5, 5.41) is 0.712. The molecule has 0 aliphatic heterocycles. The van der Waals surface area contributed by atoms with E-state index in [2.05, 4.69) is 40.5 Å². The molecule has 0 saturated heterocycles. The molecule has 1 aromatic carbocycles. The zero-order valence-corrected chi connectivity index (χ0v) is 14.3. The molecule has 0 bridgehead atoms. The minimum absolute atomic E-state index is 0.0655. The van der Waals surface area contributed by atoms with Gasteiger partial charge in [0.25, 0.3) is 5.56 Å². The van der Waals surface area contributed by atoms with Gasteiger partial charge in [0.05, 0.1) is 5.39 Å². The van der Waals surface area contributed by atoms with Crippen LogP contribution < -0.4 is 5.56 Å². The van der Waals surface area contributed by atoms with Crippen LogP contribution in [0.4, 0.5) is 0 Å². The maximum absolute atomic E-state index is 12.2. The number of aromatic nitrogens is 2. The minimum atomic E-state index is -0.0655. The summed E-state index contributed by atoms with van der Waals surface area (Å²) in [6, 6.07) is 8.27. The molecule has 0 amide bonds. The second-order valence-corrected chi connectivity index (χ2v) is 7.10. The summed E-state index contributed by atoms with van der Waals surface area (Å²) in [7, 11) is 0. The lowest BCUT2D eigenvalue weighted by Gasteiger charge is -1.98. The molecule has 0 radical (unpaired) electrons. The Hall–Kier alpha value is -1.85. The number of nitrogens with zero attached hydrogens (tertiary/aromatic N) is 1. The third-order valence-electron chi connectivity index (χ3n) is 3.61. The molecule has 3 aromatic rings. The lowest BCUT2D eigenvalue weighted by Crippen LogP contribution is -2.09. The van der Waals surface area contributed by atoms with Crippen LogP contribution in [0.1, 0.15) is 21.8 Å². The number of nitrogens with one attached hydrogen (secondary N) is 1. The number of benzene rings is 1. The maximum atomic E-state index is 12.2. The Morgan fingerprint density at radius 2 is 1.91 bits per heavy atom. The Morgan fingerprint density at radius 1 is 1.18 bits per heavy atom. The first-order valence-corrected chi connectivity index (χ1v) is 8.95. The molecule has 3 rings (SSSR count). The highest BCUT2D eigenvalue weighted by Crippen LogP contribution is 2.25. The Balaban J connectivity index is 1.96. The van der Waals surface area contributed by atoms with Crippen molar-refractivity contribution >= 4 is 45.5 Å². The van der Waals surface area contributed by atoms with Crippen molar-refractivity contribution in [1.29, 1.82) is 0 Å². The van der Waals surface area contributed by atoms with Crippen LogP contribution in [0.2, 0.25) is 0 Å². The van der Waals surface area contributed by atoms with Crippen LogP contribution in [-0.4, -0.2) is 16.2 Å². The SMILES string of the molecule is CSc1ccc(/C=C/c2nc3sc(C)c(C)c3c(=O)[nH]2)cc1. The Labute approximate surface area is 137 Å². The van der Waals surface area contributed by atoms with E-state index in [9.17, 15) is 4.79 Å². The number of aromatic amines is 1. The highest BCUT2D eigenvalue weighted by molar-refractivity contribution is 7.98. The fraction of sp³-hybridized carbons (Fsp3) is 0.176. The summed E-state index contributed by atoms with van der Waals surface area (Å²) in [4.78, 5) is 22.8. The molecule has 0 atom stereocenters. The van der Waals surface area contributed by atoms with E-state index >= 15 is 0 Å². The molecule has 2 aromatic heterocycles. The zero-order valence-electron chi connectivity index (χ0n) is 12.6. The Morgan fingerprint density at radius 3 is 2.59 bits per heavy atom. The largest absolute Gasteiger partial charge is 0.306 e. The van der Waals surface area contributed by atoms with Crippen LogP contribution in [0, 0.1) is 13.8 Å². The van der Waals surface area contributed by atoms with Crippen molar-refractivity contribution < 1.29 is 0 Å². The molecule has 0 saturated carbocycles. The van der Waals surface area contributed by atoms with E-state index in [4.69, 9.17) is 0 Å². The predicted molar refractivity (Wildman–Crippen MR) is 96.9 cm³/mol. The summed E-state index contributed by atoms with van der Waals surface area (Å²) in [5.41, 5.74) is 2.04. The lowest BCUT2D eigenvalue weighted by molar-refractivity contribution is 1.15. The highest BCUT2D eigenvalue weighted by Gasteiger charge is 2.10. The predicted octanol–water partition coefficient (Wildman–Crippen LogP) is 4.49. The highest BCUT2D eigenvalue weighted by atomic mass is 32.2. The number of aryl methyl sites for hydroxylation is 2. The van der Waals surface area contributed by atoms with Gasteiger partial charge in [-0.15, -0.1) is 23.1 Å². The average Bonchev–Trinajstić information content (AvgIpc) is 2.81. The van der Waals surface area contributed by atoms with Gasteiger partial charge in [0, 0.05) is 9.77 Å². The van der Waals surface area contributed by atoms with E-state index in [1.807, 2.05) is 26.0 Å². The summed E-state index contributed by atoms with van der Waals surface area (Å²) in [5.74, 6) is 0.590. The third kappa shape index (κ3) is 2.87. The number of thiophene rings is 1. The molecule has 3 nitrogen and oxygen atoms in total. The summed E-state index contributed by atoms with van der Waals surface area (Å²) in [6.07, 6.45) is 5.86. The standard InChI is InChI=1S/C17H16N2OS2/c1-10-11(2)22-17-15(10)16(20)18-14(19-17)9-6-12-4-7-13(21-3)8-5-12/h4-9H,1-3H3,(H,18,19,20)/b9-6+. The van der Waals surface area contributed by atoms with Crippen LogP contribution in [0.3, 0.4) is 0 Å². The first-order valence-electron chi connectivity index (χ1n) is 6.90. The van der Waals surface area contributed by atoms with Gasteiger partial charge in [-0.1, -0.05) is 18.2 Å². The number of H-pyrrole nitrogens is 1. The smallest absolute Gasteiger partial charge is 0.260 e. The monoisotopic (exact) mass is 328 g/mol. The summed E-state index contributed by atoms with van der Waals surface area (Å²) in [6.45, 7) is 3.98. The Kier molecular flexibility index (Phi) is 4.18. The van der Waals surface area contributed by atoms with Crippen LogP contribution in [0.5, 0.6) is 0 Å². The topological polar surface area (TPSA) is 45.8 Å². The third-order valence-corrected chi connectivity index (χ3v) is 5.45. The van der Waals surface area contributed by atoms with Gasteiger partial charge >= 0.3 is 0 Å². The number of rotatable bonds is 3. The van der Waals surface area contributed by atoms with Gasteiger partial charge < -0.3 is 4.98 Å². The van der Waals surface area contributed by atoms with Crippen LogP contribution >= 0.6 is 23.1 Å². The van der Waals surface area contributed by atoms with Crippen LogP contribution in [0.25, 0.3) is 22.4 Å². The van der Waals surface area contributed by atoms with Gasteiger partial charge in [0.1, 0.15) is 10.7 Å². The second-order valence-electron chi connectivity index (χ2n) is 5.02. The van der Waals surface area contributed by atoms with Crippen LogP contribution in [0.15, 0.2) is 34.0 Å². The molecule has 0 fully saturated rings. The number of thioether (sulfide) groups is 1. The van der Waals surface area contributed by atoms with Crippen molar-refractivity contribution in [2.75, 3.05) is 6.26 Å². The van der Waals surface area contributed by atoms with E-state index in [1.165, 1.54) is 4.90 Å². The quantitative estimate of drug-likeness (QED) is 0.720. The molecule has 112 valence electrons. The number of hydrogen-bond acceptors (Lipinski definition) is 4. The Bertz CT molecular complexity index is 905. The van der Waals surface area contributed by atoms with E-state index in [0.29, 0.717) is 11.2 Å². The van der Waals surface area contributed by atoms with Crippen molar-refractivity contribution in [2.45, 2.75) is 18.7 Å². The van der Waals surface area contributed by atoms with E-state index < -0.39 is 0 Å². The normalized spacial score (nSPS) is 11.6. The number of fused-ring (bicyclic) bond motifs is 1. The van der Waals surface area contributed by atoms with Crippen molar-refractivity contribution in [3.8, 4) is 0 Å². The zero-order chi connectivity index (χ0) is 15.7. The minimum Gasteiger partial charge on any atom is -0.306 e. The van der Waals surface area contributed by atoms with Gasteiger partial charge in [-0.25, -0.2) is 4.98 Å². The first kappa shape index (κ1) is 15.1. The molecule has 0 spiro atoms. The molecule has 5 heteroatoms. The van der Waals surface area contributed by atoms with Crippen molar-refractivity contribution in [2.24, 2.45) is 0 Å². The van der Waals surface area contributed by atoms with E-state index in [-0.39, 0.29) is 5.56 Å². The lowest BCUT2D eigenvalue weighted by atomic mass is 10.2. The molecular weight excluding hydrogens is 312 g/mol. The van der Waals surface area contributed by atoms with Gasteiger partial charge in [-0.2, -0.15) is 0 Å². The van der Waals surface area contributed by atoms with Gasteiger partial charge in [0.15, 0.2) is 0 Å². The van der Waals surface area contributed by atoms with Crippen molar-refractivity contribution in [3.63, 3.8) is 0 Å². The summed E-state index contributed by atoms with van der Waals surface area (Å²) >= 11 is 3.28. The van der Waals surface area contributed by atoms with Gasteiger partial charge in [0.2, 0.25) is 0 Å². The fourth-order valence-corrected chi connectivity index (χ4v) is 3.69. The summed E-state index contributed by atoms with van der Waals surface area (Å²) < 4.78 is 0. The molecule has 0 aliphatic rings. The molecule has 0 unspecified atom stereocenters. The first-order chi connectivity index (χ1) is 10.6. The molecule has 22 heavy (non-hydrogen) atoms. The van der Waals surface area contributed by atoms with E-state index in [0.717, 1.165) is 20.8 Å². The molecule has 1 N–H and O–H groups in total. The van der Waals surface area contributed by atoms with Crippen molar-refractivity contribution in [1.82, 2.24) is 9.97 Å².